The van der Waals surface area contributed by atoms with Crippen molar-refractivity contribution >= 4 is 11.6 Å². The van der Waals surface area contributed by atoms with E-state index in [0.29, 0.717) is 11.9 Å². The monoisotopic (exact) mass is 294 g/mol. The van der Waals surface area contributed by atoms with Gasteiger partial charge in [0, 0.05) is 25.1 Å². The van der Waals surface area contributed by atoms with Gasteiger partial charge in [0.05, 0.1) is 0 Å². The van der Waals surface area contributed by atoms with E-state index in [4.69, 9.17) is 5.84 Å². The van der Waals surface area contributed by atoms with Crippen LogP contribution in [0.4, 0.5) is 11.6 Å². The van der Waals surface area contributed by atoms with Gasteiger partial charge in [-0.1, -0.05) is 6.92 Å². The minimum atomic E-state index is 0.606. The molecule has 0 fully saturated rings. The predicted molar refractivity (Wildman–Crippen MR) is 89.3 cm³/mol. The molecule has 1 heterocycles. The number of anilines is 2. The van der Waals surface area contributed by atoms with Crippen molar-refractivity contribution in [3.8, 4) is 0 Å². The first-order valence-corrected chi connectivity index (χ1v) is 7.85. The molecule has 0 aliphatic rings. The highest BCUT2D eigenvalue weighted by Crippen LogP contribution is 2.11. The van der Waals surface area contributed by atoms with Gasteiger partial charge in [0.25, 0.3) is 0 Å². The number of nitrogen functional groups attached to an aromatic ring is 1. The Kier molecular flexibility index (Phi) is 8.00. The number of aromatic nitrogens is 2. The van der Waals surface area contributed by atoms with E-state index in [1.807, 2.05) is 6.07 Å². The fraction of sp³-hybridized carbons (Fsp3) is 0.733. The Balaban J connectivity index is 2.39. The number of nitrogens with zero attached hydrogens (tertiary/aromatic N) is 3. The lowest BCUT2D eigenvalue weighted by molar-refractivity contribution is 0.269. The predicted octanol–water partition coefficient (Wildman–Crippen LogP) is 2.25. The highest BCUT2D eigenvalue weighted by atomic mass is 15.3. The van der Waals surface area contributed by atoms with Gasteiger partial charge in [0.1, 0.15) is 17.5 Å². The van der Waals surface area contributed by atoms with Gasteiger partial charge in [-0.2, -0.15) is 0 Å². The summed E-state index contributed by atoms with van der Waals surface area (Å²) < 4.78 is 0. The Morgan fingerprint density at radius 3 is 2.57 bits per heavy atom. The first-order valence-electron chi connectivity index (χ1n) is 7.85. The van der Waals surface area contributed by atoms with Crippen molar-refractivity contribution in [3.05, 3.63) is 11.9 Å². The van der Waals surface area contributed by atoms with E-state index in [1.54, 1.807) is 0 Å². The van der Waals surface area contributed by atoms with E-state index in [1.165, 1.54) is 6.42 Å². The van der Waals surface area contributed by atoms with Crippen molar-refractivity contribution in [2.45, 2.75) is 52.5 Å². The zero-order valence-electron chi connectivity index (χ0n) is 13.8. The van der Waals surface area contributed by atoms with Crippen molar-refractivity contribution in [2.24, 2.45) is 5.84 Å². The summed E-state index contributed by atoms with van der Waals surface area (Å²) in [5.74, 6) is 7.79. The fourth-order valence-corrected chi connectivity index (χ4v) is 1.96. The number of rotatable bonds is 10. The number of hydrazine groups is 1. The molecule has 0 spiro atoms. The van der Waals surface area contributed by atoms with Crippen LogP contribution in [0, 0.1) is 0 Å². The van der Waals surface area contributed by atoms with Gasteiger partial charge >= 0.3 is 0 Å². The van der Waals surface area contributed by atoms with Crippen LogP contribution in [0.15, 0.2) is 6.07 Å². The van der Waals surface area contributed by atoms with E-state index >= 15 is 0 Å². The molecule has 0 radical (unpaired) electrons. The third-order valence-electron chi connectivity index (χ3n) is 3.52. The lowest BCUT2D eigenvalue weighted by Gasteiger charge is -2.20. The van der Waals surface area contributed by atoms with Gasteiger partial charge in [-0.05, 0) is 46.7 Å². The van der Waals surface area contributed by atoms with Crippen LogP contribution in [-0.2, 0) is 6.42 Å². The summed E-state index contributed by atoms with van der Waals surface area (Å²) in [4.78, 5) is 11.2. The molecule has 1 aromatic heterocycles. The fourth-order valence-electron chi connectivity index (χ4n) is 1.96. The average molecular weight is 294 g/mol. The van der Waals surface area contributed by atoms with Gasteiger partial charge in [-0.3, -0.25) is 0 Å². The Labute approximate surface area is 128 Å². The van der Waals surface area contributed by atoms with Crippen molar-refractivity contribution in [1.29, 1.82) is 0 Å². The molecule has 0 saturated heterocycles. The number of hydrogen-bond acceptors (Lipinski definition) is 6. The first-order chi connectivity index (χ1) is 10.1. The summed E-state index contributed by atoms with van der Waals surface area (Å²) >= 11 is 0. The Bertz CT molecular complexity index is 407. The summed E-state index contributed by atoms with van der Waals surface area (Å²) in [7, 11) is 2.17. The SMILES string of the molecule is CCCc1nc(NN)cc(NCCCCN(C)C(C)C)n1. The summed E-state index contributed by atoms with van der Waals surface area (Å²) in [5.41, 5.74) is 2.60. The average Bonchev–Trinajstić information content (AvgIpc) is 2.46. The van der Waals surface area contributed by atoms with Gasteiger partial charge < -0.3 is 15.6 Å². The minimum absolute atomic E-state index is 0.606. The number of hydrogen-bond donors (Lipinski definition) is 3. The molecule has 0 unspecified atom stereocenters. The second kappa shape index (κ2) is 9.52. The van der Waals surface area contributed by atoms with E-state index in [0.717, 1.165) is 44.0 Å². The third-order valence-corrected chi connectivity index (χ3v) is 3.52. The quantitative estimate of drug-likeness (QED) is 0.349. The summed E-state index contributed by atoms with van der Waals surface area (Å²) in [6, 6.07) is 2.45. The van der Waals surface area contributed by atoms with Crippen molar-refractivity contribution in [1.82, 2.24) is 14.9 Å². The largest absolute Gasteiger partial charge is 0.370 e. The van der Waals surface area contributed by atoms with Crippen LogP contribution < -0.4 is 16.6 Å². The molecule has 0 aliphatic carbocycles. The standard InChI is InChI=1S/C15H30N6/c1-5-8-13-18-14(11-15(19-13)20-16)17-9-6-7-10-21(4)12(2)3/h11-12H,5-10,16H2,1-4H3,(H2,17,18,19,20). The molecule has 6 heteroatoms. The van der Waals surface area contributed by atoms with Gasteiger partial charge in [0.2, 0.25) is 0 Å². The van der Waals surface area contributed by atoms with Crippen LogP contribution in [0.1, 0.15) is 45.9 Å². The Morgan fingerprint density at radius 2 is 1.95 bits per heavy atom. The highest BCUT2D eigenvalue weighted by Gasteiger charge is 2.04. The van der Waals surface area contributed by atoms with E-state index in [2.05, 4.69) is 53.4 Å². The Morgan fingerprint density at radius 1 is 1.24 bits per heavy atom. The zero-order chi connectivity index (χ0) is 15.7. The van der Waals surface area contributed by atoms with Crippen LogP contribution in [0.25, 0.3) is 0 Å². The summed E-state index contributed by atoms with van der Waals surface area (Å²) in [6.07, 6.45) is 4.19. The minimum Gasteiger partial charge on any atom is -0.370 e. The van der Waals surface area contributed by atoms with Crippen LogP contribution in [0.5, 0.6) is 0 Å². The second-order valence-corrected chi connectivity index (χ2v) is 5.66. The third kappa shape index (κ3) is 6.73. The first kappa shape index (κ1) is 17.7. The molecular weight excluding hydrogens is 264 g/mol. The number of nitrogens with one attached hydrogen (secondary N) is 2. The summed E-state index contributed by atoms with van der Waals surface area (Å²) in [6.45, 7) is 8.59. The molecule has 21 heavy (non-hydrogen) atoms. The molecule has 6 nitrogen and oxygen atoms in total. The van der Waals surface area contributed by atoms with Crippen molar-refractivity contribution in [2.75, 3.05) is 30.9 Å². The molecule has 0 bridgehead atoms. The highest BCUT2D eigenvalue weighted by molar-refractivity contribution is 5.46. The topological polar surface area (TPSA) is 79.1 Å². The van der Waals surface area contributed by atoms with Gasteiger partial charge in [0.15, 0.2) is 0 Å². The van der Waals surface area contributed by atoms with Crippen LogP contribution in [-0.4, -0.2) is 41.0 Å². The van der Waals surface area contributed by atoms with E-state index < -0.39 is 0 Å². The smallest absolute Gasteiger partial charge is 0.145 e. The maximum atomic E-state index is 5.45. The van der Waals surface area contributed by atoms with Crippen LogP contribution in [0.2, 0.25) is 0 Å². The molecule has 0 amide bonds. The van der Waals surface area contributed by atoms with Crippen molar-refractivity contribution < 1.29 is 0 Å². The maximum Gasteiger partial charge on any atom is 0.145 e. The summed E-state index contributed by atoms with van der Waals surface area (Å²) in [5, 5.41) is 3.36. The van der Waals surface area contributed by atoms with E-state index in [9.17, 15) is 0 Å². The van der Waals surface area contributed by atoms with Gasteiger partial charge in [-0.25, -0.2) is 15.8 Å². The Hall–Kier alpha value is -1.40. The number of aryl methyl sites for hydroxylation is 1. The molecule has 0 aromatic carbocycles. The molecule has 4 N–H and O–H groups in total. The van der Waals surface area contributed by atoms with Crippen LogP contribution in [0.3, 0.4) is 0 Å². The van der Waals surface area contributed by atoms with Crippen molar-refractivity contribution in [3.63, 3.8) is 0 Å². The molecule has 0 saturated carbocycles. The maximum absolute atomic E-state index is 5.45. The molecule has 1 rings (SSSR count). The number of unbranched alkanes of at least 4 members (excludes halogenated alkanes) is 1. The normalized spacial score (nSPS) is 11.2. The molecule has 0 atom stereocenters. The molecule has 0 aliphatic heterocycles. The van der Waals surface area contributed by atoms with Gasteiger partial charge in [-0.15, -0.1) is 0 Å². The van der Waals surface area contributed by atoms with Crippen LogP contribution >= 0.6 is 0 Å². The number of nitrogens with two attached hydrogens (primary N) is 1. The van der Waals surface area contributed by atoms with E-state index in [-0.39, 0.29) is 0 Å². The molecular formula is C15H30N6. The molecule has 1 aromatic rings. The second-order valence-electron chi connectivity index (χ2n) is 5.66. The lowest BCUT2D eigenvalue weighted by Crippen LogP contribution is -2.27. The lowest BCUT2D eigenvalue weighted by atomic mass is 10.2. The molecule has 120 valence electrons. The zero-order valence-corrected chi connectivity index (χ0v) is 13.8.